The van der Waals surface area contributed by atoms with E-state index in [1.54, 1.807) is 6.08 Å². The van der Waals surface area contributed by atoms with E-state index in [1.165, 1.54) is 6.08 Å². The lowest BCUT2D eigenvalue weighted by atomic mass is 10.3. The van der Waals surface area contributed by atoms with E-state index in [9.17, 15) is 4.79 Å². The molecule has 92 valence electrons. The Morgan fingerprint density at radius 2 is 2.53 bits per heavy atom. The van der Waals surface area contributed by atoms with Crippen molar-refractivity contribution in [3.05, 3.63) is 29.7 Å². The molecule has 0 aromatic carbocycles. The van der Waals surface area contributed by atoms with Gasteiger partial charge in [0.25, 0.3) is 0 Å². The summed E-state index contributed by atoms with van der Waals surface area (Å²) in [6.07, 6.45) is 3.58. The molecule has 1 aromatic heterocycles. The summed E-state index contributed by atoms with van der Waals surface area (Å²) in [5.41, 5.74) is 2.64. The molecular formula is C12H15NO4. The Labute approximate surface area is 99.3 Å². The first-order valence-electron chi connectivity index (χ1n) is 5.60. The first-order valence-corrected chi connectivity index (χ1v) is 5.60. The van der Waals surface area contributed by atoms with Crippen LogP contribution in [-0.4, -0.2) is 25.2 Å². The van der Waals surface area contributed by atoms with E-state index in [1.807, 2.05) is 19.1 Å². The second-order valence-electron chi connectivity index (χ2n) is 3.71. The molecule has 1 fully saturated rings. The standard InChI is InChI=1S/C12H15NO4/c1-2-9-3-4-10(16-9)5-6-12(14)17-11-7-13-15-8-11/h3-6,11,13H,2,7-8H2,1H3/b6-5+/t11-/m0/s1. The highest BCUT2D eigenvalue weighted by Gasteiger charge is 2.18. The first kappa shape index (κ1) is 11.9. The molecule has 0 saturated carbocycles. The van der Waals surface area contributed by atoms with Crippen molar-refractivity contribution in [3.63, 3.8) is 0 Å². The Balaban J connectivity index is 1.84. The van der Waals surface area contributed by atoms with Crippen molar-refractivity contribution in [2.75, 3.05) is 13.2 Å². The Morgan fingerprint density at radius 3 is 3.18 bits per heavy atom. The van der Waals surface area contributed by atoms with Crippen LogP contribution >= 0.6 is 0 Å². The molecule has 1 N–H and O–H groups in total. The molecule has 0 aliphatic carbocycles. The summed E-state index contributed by atoms with van der Waals surface area (Å²) in [7, 11) is 0. The normalized spacial score (nSPS) is 19.9. The van der Waals surface area contributed by atoms with Gasteiger partial charge < -0.3 is 9.15 Å². The van der Waals surface area contributed by atoms with Gasteiger partial charge in [-0.25, -0.2) is 4.79 Å². The molecule has 1 aliphatic heterocycles. The average Bonchev–Trinajstić information content (AvgIpc) is 2.96. The summed E-state index contributed by atoms with van der Waals surface area (Å²) in [6.45, 7) is 2.92. The summed E-state index contributed by atoms with van der Waals surface area (Å²) < 4.78 is 10.5. The van der Waals surface area contributed by atoms with Crippen LogP contribution < -0.4 is 5.48 Å². The van der Waals surface area contributed by atoms with E-state index < -0.39 is 5.97 Å². The Kier molecular flexibility index (Phi) is 3.95. The number of nitrogens with one attached hydrogen (secondary N) is 1. The number of aryl methyl sites for hydroxylation is 1. The van der Waals surface area contributed by atoms with Crippen LogP contribution in [0.1, 0.15) is 18.4 Å². The smallest absolute Gasteiger partial charge is 0.331 e. The summed E-state index contributed by atoms with van der Waals surface area (Å²) in [4.78, 5) is 16.3. The first-order chi connectivity index (χ1) is 8.28. The van der Waals surface area contributed by atoms with Gasteiger partial charge in [0.2, 0.25) is 0 Å². The summed E-state index contributed by atoms with van der Waals surface area (Å²) in [5, 5.41) is 0. The van der Waals surface area contributed by atoms with Gasteiger partial charge in [-0.05, 0) is 18.2 Å². The number of hydroxylamine groups is 1. The quantitative estimate of drug-likeness (QED) is 0.631. The lowest BCUT2D eigenvalue weighted by Crippen LogP contribution is -2.21. The second-order valence-corrected chi connectivity index (χ2v) is 3.71. The summed E-state index contributed by atoms with van der Waals surface area (Å²) in [5.74, 6) is 1.16. The number of hydrogen-bond acceptors (Lipinski definition) is 5. The van der Waals surface area contributed by atoms with E-state index in [4.69, 9.17) is 14.0 Å². The van der Waals surface area contributed by atoms with Gasteiger partial charge in [-0.3, -0.25) is 4.84 Å². The number of carbonyl (C=O) groups is 1. The van der Waals surface area contributed by atoms with Gasteiger partial charge in [0, 0.05) is 12.5 Å². The second kappa shape index (κ2) is 5.65. The van der Waals surface area contributed by atoms with Gasteiger partial charge >= 0.3 is 5.97 Å². The third kappa shape index (κ3) is 3.44. The van der Waals surface area contributed by atoms with Crippen LogP contribution in [0.15, 0.2) is 22.6 Å². The monoisotopic (exact) mass is 237 g/mol. The molecule has 1 atom stereocenters. The van der Waals surface area contributed by atoms with Crippen LogP contribution in [0.3, 0.4) is 0 Å². The summed E-state index contributed by atoms with van der Waals surface area (Å²) >= 11 is 0. The molecule has 0 bridgehead atoms. The van der Waals surface area contributed by atoms with Gasteiger partial charge in [0.1, 0.15) is 24.2 Å². The predicted molar refractivity (Wildman–Crippen MR) is 61.0 cm³/mol. The zero-order chi connectivity index (χ0) is 12.1. The Hall–Kier alpha value is -1.59. The van der Waals surface area contributed by atoms with E-state index >= 15 is 0 Å². The minimum absolute atomic E-state index is 0.213. The van der Waals surface area contributed by atoms with Crippen molar-refractivity contribution in [3.8, 4) is 0 Å². The largest absolute Gasteiger partial charge is 0.462 e. The van der Waals surface area contributed by atoms with Crippen LogP contribution in [0.5, 0.6) is 0 Å². The molecule has 1 aromatic rings. The maximum atomic E-state index is 11.4. The van der Waals surface area contributed by atoms with Crippen LogP contribution in [0.4, 0.5) is 0 Å². The van der Waals surface area contributed by atoms with E-state index in [-0.39, 0.29) is 6.10 Å². The molecule has 0 spiro atoms. The van der Waals surface area contributed by atoms with Gasteiger partial charge in [-0.15, -0.1) is 0 Å². The average molecular weight is 237 g/mol. The van der Waals surface area contributed by atoms with E-state index in [0.717, 1.165) is 12.2 Å². The molecule has 2 heterocycles. The van der Waals surface area contributed by atoms with Gasteiger partial charge in [-0.1, -0.05) is 6.92 Å². The lowest BCUT2D eigenvalue weighted by Gasteiger charge is -2.05. The molecule has 17 heavy (non-hydrogen) atoms. The van der Waals surface area contributed by atoms with Crippen molar-refractivity contribution in [1.29, 1.82) is 0 Å². The number of carbonyl (C=O) groups excluding carboxylic acids is 1. The highest BCUT2D eigenvalue weighted by molar-refractivity contribution is 5.86. The molecule has 0 radical (unpaired) electrons. The van der Waals surface area contributed by atoms with Crippen molar-refractivity contribution in [2.45, 2.75) is 19.4 Å². The molecular weight excluding hydrogens is 222 g/mol. The maximum Gasteiger partial charge on any atom is 0.331 e. The van der Waals surface area contributed by atoms with Crippen molar-refractivity contribution in [1.82, 2.24) is 5.48 Å². The minimum Gasteiger partial charge on any atom is -0.462 e. The molecule has 1 saturated heterocycles. The fraction of sp³-hybridized carbons (Fsp3) is 0.417. The van der Waals surface area contributed by atoms with Gasteiger partial charge in [0.15, 0.2) is 0 Å². The maximum absolute atomic E-state index is 11.4. The number of hydrogen-bond donors (Lipinski definition) is 1. The molecule has 0 unspecified atom stereocenters. The molecule has 2 rings (SSSR count). The fourth-order valence-corrected chi connectivity index (χ4v) is 1.47. The zero-order valence-corrected chi connectivity index (χ0v) is 9.64. The highest BCUT2D eigenvalue weighted by atomic mass is 16.7. The predicted octanol–water partition coefficient (Wildman–Crippen LogP) is 1.30. The van der Waals surface area contributed by atoms with E-state index in [2.05, 4.69) is 5.48 Å². The zero-order valence-electron chi connectivity index (χ0n) is 9.64. The Bertz CT molecular complexity index is 404. The fourth-order valence-electron chi connectivity index (χ4n) is 1.47. The highest BCUT2D eigenvalue weighted by Crippen LogP contribution is 2.10. The molecule has 0 amide bonds. The number of ether oxygens (including phenoxy) is 1. The SMILES string of the molecule is CCc1ccc(/C=C/C(=O)O[C@H]2CNOC2)o1. The number of furan rings is 1. The number of esters is 1. The van der Waals surface area contributed by atoms with E-state index in [0.29, 0.717) is 18.9 Å². The van der Waals surface area contributed by atoms with Crippen LogP contribution in [-0.2, 0) is 20.8 Å². The molecule has 5 heteroatoms. The molecule has 1 aliphatic rings. The topological polar surface area (TPSA) is 60.7 Å². The van der Waals surface area contributed by atoms with Gasteiger partial charge in [0.05, 0.1) is 6.54 Å². The molecule has 5 nitrogen and oxygen atoms in total. The van der Waals surface area contributed by atoms with Crippen LogP contribution in [0.25, 0.3) is 6.08 Å². The van der Waals surface area contributed by atoms with Crippen LogP contribution in [0.2, 0.25) is 0 Å². The van der Waals surface area contributed by atoms with Crippen molar-refractivity contribution < 1.29 is 18.8 Å². The van der Waals surface area contributed by atoms with Crippen LogP contribution in [0, 0.1) is 0 Å². The van der Waals surface area contributed by atoms with Crippen molar-refractivity contribution in [2.24, 2.45) is 0 Å². The van der Waals surface area contributed by atoms with Gasteiger partial charge in [-0.2, -0.15) is 5.48 Å². The minimum atomic E-state index is -0.392. The van der Waals surface area contributed by atoms with Crippen molar-refractivity contribution >= 4 is 12.0 Å². The third-order valence-corrected chi connectivity index (χ3v) is 2.38. The summed E-state index contributed by atoms with van der Waals surface area (Å²) in [6, 6.07) is 3.71. The third-order valence-electron chi connectivity index (χ3n) is 2.38. The number of rotatable bonds is 4. The lowest BCUT2D eigenvalue weighted by molar-refractivity contribution is -0.142. The Morgan fingerprint density at radius 1 is 1.65 bits per heavy atom.